The number of hydrazone groups is 1. The Morgan fingerprint density at radius 2 is 1.87 bits per heavy atom. The molecule has 1 aliphatic heterocycles. The summed E-state index contributed by atoms with van der Waals surface area (Å²) in [6, 6.07) is 10.6. The van der Waals surface area contributed by atoms with E-state index < -0.39 is 0 Å². The number of halogens is 2. The highest BCUT2D eigenvalue weighted by molar-refractivity contribution is 6.42. The van der Waals surface area contributed by atoms with Gasteiger partial charge in [0.25, 0.3) is 5.91 Å². The molecule has 0 spiro atoms. The molecular formula is C23H24Cl2N2O3. The summed E-state index contributed by atoms with van der Waals surface area (Å²) >= 11 is 12.1. The minimum atomic E-state index is -0.234. The number of rotatable bonds is 7. The molecule has 0 saturated carbocycles. The second-order valence-electron chi connectivity index (χ2n) is 7.40. The number of hydrogen-bond acceptors (Lipinski definition) is 4. The third-order valence-corrected chi connectivity index (χ3v) is 5.40. The maximum absolute atomic E-state index is 13.0. The number of carbonyl (C=O) groups excluding carboxylic acids is 1. The van der Waals surface area contributed by atoms with Crippen molar-refractivity contribution in [1.82, 2.24) is 0 Å². The molecule has 2 aromatic rings. The average molecular weight is 447 g/mol. The van der Waals surface area contributed by atoms with E-state index in [1.165, 1.54) is 5.01 Å². The Balaban J connectivity index is 1.83. The lowest BCUT2D eigenvalue weighted by molar-refractivity contribution is -0.114. The molecular weight excluding hydrogens is 423 g/mol. The fourth-order valence-corrected chi connectivity index (χ4v) is 3.23. The zero-order valence-corrected chi connectivity index (χ0v) is 18.9. The molecule has 0 N–H and O–H groups in total. The van der Waals surface area contributed by atoms with Crippen LogP contribution >= 0.6 is 23.2 Å². The Morgan fingerprint density at radius 1 is 1.10 bits per heavy atom. The lowest BCUT2D eigenvalue weighted by Crippen LogP contribution is -2.21. The zero-order valence-electron chi connectivity index (χ0n) is 17.4. The number of carbonyl (C=O) groups is 1. The first kappa shape index (κ1) is 22.2. The van der Waals surface area contributed by atoms with Crippen molar-refractivity contribution in [3.63, 3.8) is 0 Å². The molecule has 0 saturated heterocycles. The second kappa shape index (κ2) is 9.54. The van der Waals surface area contributed by atoms with Crippen molar-refractivity contribution in [2.75, 3.05) is 18.7 Å². The van der Waals surface area contributed by atoms with E-state index in [2.05, 4.69) is 18.9 Å². The van der Waals surface area contributed by atoms with Gasteiger partial charge < -0.3 is 9.47 Å². The number of amides is 1. The minimum absolute atomic E-state index is 0.234. The summed E-state index contributed by atoms with van der Waals surface area (Å²) < 4.78 is 11.3. The van der Waals surface area contributed by atoms with Gasteiger partial charge >= 0.3 is 0 Å². The molecule has 1 amide bonds. The van der Waals surface area contributed by atoms with Crippen molar-refractivity contribution < 1.29 is 14.3 Å². The van der Waals surface area contributed by atoms with Gasteiger partial charge in [-0.3, -0.25) is 4.79 Å². The van der Waals surface area contributed by atoms with Gasteiger partial charge in [0.1, 0.15) is 0 Å². The lowest BCUT2D eigenvalue weighted by Gasteiger charge is -2.13. The predicted octanol–water partition coefficient (Wildman–Crippen LogP) is 6.23. The van der Waals surface area contributed by atoms with Gasteiger partial charge in [-0.15, -0.1) is 0 Å². The predicted molar refractivity (Wildman–Crippen MR) is 123 cm³/mol. The van der Waals surface area contributed by atoms with E-state index in [0.717, 1.165) is 12.0 Å². The summed E-state index contributed by atoms with van der Waals surface area (Å²) in [4.78, 5) is 13.0. The minimum Gasteiger partial charge on any atom is -0.493 e. The van der Waals surface area contributed by atoms with Crippen molar-refractivity contribution in [1.29, 1.82) is 0 Å². The topological polar surface area (TPSA) is 51.1 Å². The molecule has 3 rings (SSSR count). The van der Waals surface area contributed by atoms with E-state index in [1.54, 1.807) is 38.3 Å². The van der Waals surface area contributed by atoms with Gasteiger partial charge in [-0.2, -0.15) is 10.1 Å². The first-order chi connectivity index (χ1) is 14.3. The second-order valence-corrected chi connectivity index (χ2v) is 8.21. The standard InChI is InChI=1S/C23H24Cl2N2O3/c1-14(2)9-10-30-21-8-5-16(12-22(21)29-4)11-18-15(3)26-27(23(18)28)17-6-7-19(24)20(25)13-17/h5-8,11-14H,9-10H2,1-4H3/b18-11-. The average Bonchev–Trinajstić information content (AvgIpc) is 2.99. The molecule has 30 heavy (non-hydrogen) atoms. The Bertz CT molecular complexity index is 1020. The molecule has 0 unspecified atom stereocenters. The van der Waals surface area contributed by atoms with E-state index in [4.69, 9.17) is 32.7 Å². The fourth-order valence-electron chi connectivity index (χ4n) is 2.94. The van der Waals surface area contributed by atoms with Crippen LogP contribution in [0.2, 0.25) is 10.0 Å². The van der Waals surface area contributed by atoms with Gasteiger partial charge in [0, 0.05) is 0 Å². The van der Waals surface area contributed by atoms with Crippen molar-refractivity contribution in [2.24, 2.45) is 11.0 Å². The van der Waals surface area contributed by atoms with Crippen molar-refractivity contribution >= 4 is 46.6 Å². The number of methoxy groups -OCH3 is 1. The smallest absolute Gasteiger partial charge is 0.280 e. The molecule has 0 bridgehead atoms. The highest BCUT2D eigenvalue weighted by Crippen LogP contribution is 2.32. The van der Waals surface area contributed by atoms with E-state index in [1.807, 2.05) is 18.2 Å². The Hall–Kier alpha value is -2.50. The van der Waals surface area contributed by atoms with E-state index >= 15 is 0 Å². The zero-order chi connectivity index (χ0) is 21.8. The van der Waals surface area contributed by atoms with Crippen LogP contribution in [0.4, 0.5) is 5.69 Å². The highest BCUT2D eigenvalue weighted by atomic mass is 35.5. The molecule has 1 heterocycles. The van der Waals surface area contributed by atoms with Crippen LogP contribution in [0.1, 0.15) is 32.8 Å². The molecule has 5 nitrogen and oxygen atoms in total. The molecule has 7 heteroatoms. The van der Waals surface area contributed by atoms with Gasteiger partial charge in [0.05, 0.1) is 40.7 Å². The maximum atomic E-state index is 13.0. The molecule has 2 aromatic carbocycles. The molecule has 0 aromatic heterocycles. The van der Waals surface area contributed by atoms with Gasteiger partial charge in [0.2, 0.25) is 0 Å². The third-order valence-electron chi connectivity index (χ3n) is 4.66. The Kier molecular flexibility index (Phi) is 7.06. The summed E-state index contributed by atoms with van der Waals surface area (Å²) in [7, 11) is 1.60. The molecule has 0 aliphatic carbocycles. The van der Waals surface area contributed by atoms with Crippen LogP contribution in [0.5, 0.6) is 11.5 Å². The number of nitrogens with zero attached hydrogens (tertiary/aromatic N) is 2. The van der Waals surface area contributed by atoms with Crippen molar-refractivity contribution in [3.8, 4) is 11.5 Å². The van der Waals surface area contributed by atoms with E-state index in [0.29, 0.717) is 51.0 Å². The Morgan fingerprint density at radius 3 is 2.53 bits per heavy atom. The largest absolute Gasteiger partial charge is 0.493 e. The van der Waals surface area contributed by atoms with Crippen LogP contribution in [-0.4, -0.2) is 25.3 Å². The summed E-state index contributed by atoms with van der Waals surface area (Å²) in [5, 5.41) is 6.49. The summed E-state index contributed by atoms with van der Waals surface area (Å²) in [6.45, 7) is 6.72. The maximum Gasteiger partial charge on any atom is 0.280 e. The van der Waals surface area contributed by atoms with Crippen LogP contribution in [0.25, 0.3) is 6.08 Å². The molecule has 0 atom stereocenters. The summed E-state index contributed by atoms with van der Waals surface area (Å²) in [5.41, 5.74) is 2.49. The first-order valence-corrected chi connectivity index (χ1v) is 10.4. The van der Waals surface area contributed by atoms with Gasteiger partial charge in [-0.1, -0.05) is 43.1 Å². The Labute approximate surface area is 186 Å². The SMILES string of the molecule is COc1cc(/C=C2\C(=O)N(c3ccc(Cl)c(Cl)c3)N=C2C)ccc1OCCC(C)C. The fraction of sp³-hybridized carbons (Fsp3) is 0.304. The summed E-state index contributed by atoms with van der Waals surface area (Å²) in [5.74, 6) is 1.63. The normalized spacial score (nSPS) is 15.2. The number of hydrogen-bond donors (Lipinski definition) is 0. The molecule has 158 valence electrons. The van der Waals surface area contributed by atoms with Crippen LogP contribution in [0.3, 0.4) is 0 Å². The van der Waals surface area contributed by atoms with Gasteiger partial charge in [-0.25, -0.2) is 0 Å². The summed E-state index contributed by atoms with van der Waals surface area (Å²) in [6.07, 6.45) is 2.75. The quantitative estimate of drug-likeness (QED) is 0.473. The third kappa shape index (κ3) is 4.97. The van der Waals surface area contributed by atoms with Crippen molar-refractivity contribution in [3.05, 3.63) is 57.6 Å². The molecule has 0 radical (unpaired) electrons. The van der Waals surface area contributed by atoms with E-state index in [-0.39, 0.29) is 5.91 Å². The highest BCUT2D eigenvalue weighted by Gasteiger charge is 2.29. The number of anilines is 1. The van der Waals surface area contributed by atoms with Crippen LogP contribution in [0.15, 0.2) is 47.1 Å². The first-order valence-electron chi connectivity index (χ1n) is 9.67. The van der Waals surface area contributed by atoms with Gasteiger partial charge in [0.15, 0.2) is 11.5 Å². The van der Waals surface area contributed by atoms with Crippen molar-refractivity contribution in [2.45, 2.75) is 27.2 Å². The van der Waals surface area contributed by atoms with Crippen LogP contribution in [-0.2, 0) is 4.79 Å². The number of ether oxygens (including phenoxy) is 2. The number of benzene rings is 2. The molecule has 1 aliphatic rings. The van der Waals surface area contributed by atoms with Crippen LogP contribution < -0.4 is 14.5 Å². The van der Waals surface area contributed by atoms with E-state index in [9.17, 15) is 4.79 Å². The monoisotopic (exact) mass is 446 g/mol. The molecule has 0 fully saturated rings. The van der Waals surface area contributed by atoms with Crippen LogP contribution in [0, 0.1) is 5.92 Å². The van der Waals surface area contributed by atoms with Gasteiger partial charge in [-0.05, 0) is 61.2 Å². The lowest BCUT2D eigenvalue weighted by atomic mass is 10.1.